The highest BCUT2D eigenvalue weighted by molar-refractivity contribution is 7.86. The minimum atomic E-state index is -4.05. The van der Waals surface area contributed by atoms with Crippen molar-refractivity contribution in [3.8, 4) is 0 Å². The largest absolute Gasteiger partial charge is 0.445 e. The second kappa shape index (κ2) is 8.73. The Hall–Kier alpha value is -2.46. The van der Waals surface area contributed by atoms with Gasteiger partial charge in [-0.15, -0.1) is 0 Å². The van der Waals surface area contributed by atoms with Gasteiger partial charge in [0.2, 0.25) is 0 Å². The van der Waals surface area contributed by atoms with Crippen LogP contribution in [0.3, 0.4) is 0 Å². The third kappa shape index (κ3) is 4.99. The van der Waals surface area contributed by atoms with Gasteiger partial charge in [0.25, 0.3) is 10.1 Å². The average molecular weight is 433 g/mol. The number of carbonyl (C=O) groups excluding carboxylic acids is 1. The number of alkyl carbamates (subject to hydrolysis) is 1. The standard InChI is InChI=1S/C21H23NO7S/c1-14-7-9-16(10-8-14)30(24,25)29-17(19-20-18(28-20)13-26-19)11-22-21(23)27-12-15-5-3-2-4-6-15/h2-10,17-20H,11-13H2,1H3,(H,22,23)/t17-,18-,19+,20+/m0/s1. The zero-order valence-electron chi connectivity index (χ0n) is 16.4. The summed E-state index contributed by atoms with van der Waals surface area (Å²) >= 11 is 0. The third-order valence-corrected chi connectivity index (χ3v) is 6.34. The first-order chi connectivity index (χ1) is 14.4. The Morgan fingerprint density at radius 3 is 2.53 bits per heavy atom. The maximum Gasteiger partial charge on any atom is 0.407 e. The number of rotatable bonds is 8. The number of benzene rings is 2. The molecule has 4 rings (SSSR count). The van der Waals surface area contributed by atoms with Crippen LogP contribution in [0.15, 0.2) is 59.5 Å². The van der Waals surface area contributed by atoms with E-state index in [4.69, 9.17) is 18.4 Å². The molecule has 8 nitrogen and oxygen atoms in total. The molecular weight excluding hydrogens is 410 g/mol. The number of ether oxygens (including phenoxy) is 3. The summed E-state index contributed by atoms with van der Waals surface area (Å²) in [5.74, 6) is 0. The number of hydrogen-bond acceptors (Lipinski definition) is 7. The van der Waals surface area contributed by atoms with Crippen molar-refractivity contribution in [2.45, 2.75) is 42.8 Å². The normalized spacial score (nSPS) is 23.4. The molecule has 2 aromatic carbocycles. The lowest BCUT2D eigenvalue weighted by Gasteiger charge is -2.24. The van der Waals surface area contributed by atoms with Crippen LogP contribution in [0.4, 0.5) is 4.79 Å². The first-order valence-electron chi connectivity index (χ1n) is 9.64. The van der Waals surface area contributed by atoms with E-state index in [1.807, 2.05) is 37.3 Å². The molecule has 2 saturated heterocycles. The zero-order valence-corrected chi connectivity index (χ0v) is 17.2. The number of aryl methyl sites for hydroxylation is 1. The van der Waals surface area contributed by atoms with Crippen molar-refractivity contribution in [2.75, 3.05) is 13.2 Å². The lowest BCUT2D eigenvalue weighted by molar-refractivity contribution is -0.0347. The minimum absolute atomic E-state index is 0.0380. The number of epoxide rings is 1. The molecule has 2 aliphatic rings. The van der Waals surface area contributed by atoms with Gasteiger partial charge in [-0.3, -0.25) is 4.18 Å². The molecule has 0 aromatic heterocycles. The Morgan fingerprint density at radius 2 is 1.90 bits per heavy atom. The molecule has 9 heteroatoms. The zero-order chi connectivity index (χ0) is 21.1. The van der Waals surface area contributed by atoms with Crippen molar-refractivity contribution >= 4 is 16.2 Å². The number of hydrogen-bond donors (Lipinski definition) is 1. The molecule has 4 atom stereocenters. The Bertz CT molecular complexity index is 978. The Morgan fingerprint density at radius 1 is 1.17 bits per heavy atom. The summed E-state index contributed by atoms with van der Waals surface area (Å²) in [7, 11) is -4.05. The van der Waals surface area contributed by atoms with Crippen molar-refractivity contribution in [2.24, 2.45) is 0 Å². The van der Waals surface area contributed by atoms with Crippen LogP contribution < -0.4 is 5.32 Å². The molecule has 0 unspecified atom stereocenters. The van der Waals surface area contributed by atoms with Gasteiger partial charge in [0.1, 0.15) is 31.0 Å². The van der Waals surface area contributed by atoms with E-state index >= 15 is 0 Å². The Kier molecular flexibility index (Phi) is 6.05. The quantitative estimate of drug-likeness (QED) is 0.503. The number of carbonyl (C=O) groups is 1. The van der Waals surface area contributed by atoms with Crippen LogP contribution in [-0.2, 0) is 35.1 Å². The van der Waals surface area contributed by atoms with Gasteiger partial charge in [0, 0.05) is 0 Å². The molecule has 0 saturated carbocycles. The maximum absolute atomic E-state index is 12.7. The van der Waals surface area contributed by atoms with E-state index in [1.54, 1.807) is 12.1 Å². The van der Waals surface area contributed by atoms with Crippen molar-refractivity contribution in [3.05, 3.63) is 65.7 Å². The molecule has 30 heavy (non-hydrogen) atoms. The van der Waals surface area contributed by atoms with E-state index < -0.39 is 28.4 Å². The van der Waals surface area contributed by atoms with E-state index in [2.05, 4.69) is 5.32 Å². The highest BCUT2D eigenvalue weighted by Crippen LogP contribution is 2.37. The van der Waals surface area contributed by atoms with Gasteiger partial charge in [-0.05, 0) is 24.6 Å². The maximum atomic E-state index is 12.7. The Labute approximate surface area is 175 Å². The molecular formula is C21H23NO7S. The second-order valence-electron chi connectivity index (χ2n) is 7.28. The molecule has 0 radical (unpaired) electrons. The number of nitrogens with one attached hydrogen (secondary N) is 1. The molecule has 2 aromatic rings. The molecule has 160 valence electrons. The SMILES string of the molecule is Cc1ccc(S(=O)(=O)O[C@@H](CNC(=O)OCc2ccccc2)[C@H]2OC[C@@H]3O[C@@H]23)cc1. The van der Waals surface area contributed by atoms with Crippen LogP contribution in [0, 0.1) is 6.92 Å². The topological polar surface area (TPSA) is 103 Å². The fourth-order valence-electron chi connectivity index (χ4n) is 3.29. The van der Waals surface area contributed by atoms with E-state index in [9.17, 15) is 13.2 Å². The van der Waals surface area contributed by atoms with E-state index in [1.165, 1.54) is 12.1 Å². The van der Waals surface area contributed by atoms with Crippen LogP contribution in [0.2, 0.25) is 0 Å². The molecule has 0 spiro atoms. The molecule has 0 aliphatic carbocycles. The molecule has 2 fully saturated rings. The van der Waals surface area contributed by atoms with Crippen molar-refractivity contribution in [3.63, 3.8) is 0 Å². The molecule has 2 heterocycles. The third-order valence-electron chi connectivity index (χ3n) is 4.99. The summed E-state index contributed by atoms with van der Waals surface area (Å²) in [5.41, 5.74) is 1.78. The van der Waals surface area contributed by atoms with Gasteiger partial charge in [-0.1, -0.05) is 48.0 Å². The number of amides is 1. The van der Waals surface area contributed by atoms with Crippen molar-refractivity contribution in [1.29, 1.82) is 0 Å². The van der Waals surface area contributed by atoms with E-state index in [-0.39, 0.29) is 30.3 Å². The minimum Gasteiger partial charge on any atom is -0.445 e. The lowest BCUT2D eigenvalue weighted by atomic mass is 10.1. The van der Waals surface area contributed by atoms with Gasteiger partial charge in [-0.2, -0.15) is 8.42 Å². The summed E-state index contributed by atoms with van der Waals surface area (Å²) in [6.45, 7) is 2.24. The van der Waals surface area contributed by atoms with Crippen LogP contribution in [0.25, 0.3) is 0 Å². The smallest absolute Gasteiger partial charge is 0.407 e. The van der Waals surface area contributed by atoms with Crippen LogP contribution >= 0.6 is 0 Å². The van der Waals surface area contributed by atoms with Crippen LogP contribution in [-0.4, -0.2) is 52.1 Å². The van der Waals surface area contributed by atoms with Gasteiger partial charge in [0.15, 0.2) is 0 Å². The molecule has 0 bridgehead atoms. The van der Waals surface area contributed by atoms with Crippen LogP contribution in [0.1, 0.15) is 11.1 Å². The van der Waals surface area contributed by atoms with Gasteiger partial charge < -0.3 is 19.5 Å². The summed E-state index contributed by atoms with van der Waals surface area (Å²) in [5, 5.41) is 2.57. The summed E-state index contributed by atoms with van der Waals surface area (Å²) in [6, 6.07) is 15.6. The predicted molar refractivity (Wildman–Crippen MR) is 106 cm³/mol. The highest BCUT2D eigenvalue weighted by Gasteiger charge is 2.55. The van der Waals surface area contributed by atoms with Gasteiger partial charge in [0.05, 0.1) is 18.0 Å². The fourth-order valence-corrected chi connectivity index (χ4v) is 4.37. The second-order valence-corrected chi connectivity index (χ2v) is 8.85. The van der Waals surface area contributed by atoms with E-state index in [0.717, 1.165) is 11.1 Å². The van der Waals surface area contributed by atoms with Gasteiger partial charge in [-0.25, -0.2) is 4.79 Å². The van der Waals surface area contributed by atoms with E-state index in [0.29, 0.717) is 6.61 Å². The van der Waals surface area contributed by atoms with Crippen molar-refractivity contribution in [1.82, 2.24) is 5.32 Å². The number of fused-ring (bicyclic) bond motifs is 1. The molecule has 1 amide bonds. The monoisotopic (exact) mass is 433 g/mol. The highest BCUT2D eigenvalue weighted by atomic mass is 32.2. The predicted octanol–water partition coefficient (Wildman–Crippen LogP) is 2.16. The van der Waals surface area contributed by atoms with Crippen molar-refractivity contribution < 1.29 is 31.6 Å². The summed E-state index contributed by atoms with van der Waals surface area (Å²) in [4.78, 5) is 12.1. The molecule has 2 aliphatic heterocycles. The first-order valence-corrected chi connectivity index (χ1v) is 11.0. The molecule has 1 N–H and O–H groups in total. The fraction of sp³-hybridized carbons (Fsp3) is 0.381. The van der Waals surface area contributed by atoms with Gasteiger partial charge >= 0.3 is 6.09 Å². The Balaban J connectivity index is 1.39. The van der Waals surface area contributed by atoms with Crippen LogP contribution in [0.5, 0.6) is 0 Å². The first kappa shape index (κ1) is 20.8. The lowest BCUT2D eigenvalue weighted by Crippen LogP contribution is -2.44. The summed E-state index contributed by atoms with van der Waals surface area (Å²) in [6.07, 6.45) is -2.49. The average Bonchev–Trinajstić information content (AvgIpc) is 3.40. The summed E-state index contributed by atoms with van der Waals surface area (Å²) < 4.78 is 47.2.